The van der Waals surface area contributed by atoms with Gasteiger partial charge in [-0.2, -0.15) is 0 Å². The van der Waals surface area contributed by atoms with Crippen molar-refractivity contribution in [2.75, 3.05) is 11.1 Å². The van der Waals surface area contributed by atoms with Crippen LogP contribution in [-0.4, -0.2) is 9.97 Å². The van der Waals surface area contributed by atoms with Crippen molar-refractivity contribution in [1.29, 1.82) is 0 Å². The molecule has 4 nitrogen and oxygen atoms in total. The van der Waals surface area contributed by atoms with E-state index in [2.05, 4.69) is 31.2 Å². The molecule has 0 fully saturated rings. The molecule has 2 aromatic rings. The summed E-state index contributed by atoms with van der Waals surface area (Å²) in [5.74, 6) is 1.07. The van der Waals surface area contributed by atoms with Gasteiger partial charge < -0.3 is 11.1 Å². The molecule has 0 saturated heterocycles. The number of rotatable bonds is 2. The summed E-state index contributed by atoms with van der Waals surface area (Å²) in [6, 6.07) is 7.79. The largest absolute Gasteiger partial charge is 0.382 e. The van der Waals surface area contributed by atoms with Gasteiger partial charge in [0.15, 0.2) is 0 Å². The van der Waals surface area contributed by atoms with Crippen LogP contribution in [0.1, 0.15) is 0 Å². The highest BCUT2D eigenvalue weighted by Crippen LogP contribution is 2.23. The summed E-state index contributed by atoms with van der Waals surface area (Å²) in [7, 11) is 0. The Morgan fingerprint density at radius 3 is 2.60 bits per heavy atom. The fourth-order valence-electron chi connectivity index (χ4n) is 1.10. The van der Waals surface area contributed by atoms with Crippen LogP contribution in [0.25, 0.3) is 0 Å². The van der Waals surface area contributed by atoms with Crippen LogP contribution >= 0.6 is 15.9 Å². The van der Waals surface area contributed by atoms with Gasteiger partial charge in [-0.15, -0.1) is 0 Å². The Morgan fingerprint density at radius 2 is 1.93 bits per heavy atom. The number of nitrogen functional groups attached to an aromatic ring is 1. The van der Waals surface area contributed by atoms with Crippen molar-refractivity contribution in [3.05, 3.63) is 41.1 Å². The highest BCUT2D eigenvalue weighted by molar-refractivity contribution is 9.10. The van der Waals surface area contributed by atoms with E-state index < -0.39 is 0 Å². The van der Waals surface area contributed by atoms with Gasteiger partial charge >= 0.3 is 0 Å². The van der Waals surface area contributed by atoms with E-state index in [1.807, 2.05) is 24.3 Å². The Labute approximate surface area is 95.7 Å². The predicted molar refractivity (Wildman–Crippen MR) is 63.9 cm³/mol. The fourth-order valence-corrected chi connectivity index (χ4v) is 1.49. The van der Waals surface area contributed by atoms with Crippen molar-refractivity contribution in [3.63, 3.8) is 0 Å². The molecule has 0 atom stereocenters. The number of aromatic nitrogens is 2. The van der Waals surface area contributed by atoms with E-state index in [0.29, 0.717) is 11.6 Å². The van der Waals surface area contributed by atoms with Gasteiger partial charge in [-0.05, 0) is 28.1 Å². The van der Waals surface area contributed by atoms with Gasteiger partial charge in [-0.25, -0.2) is 9.97 Å². The number of nitrogens with two attached hydrogens (primary N) is 1. The minimum atomic E-state index is 0.410. The highest BCUT2D eigenvalue weighted by Gasteiger charge is 1.99. The van der Waals surface area contributed by atoms with Crippen LogP contribution in [0.5, 0.6) is 0 Å². The van der Waals surface area contributed by atoms with Crippen LogP contribution in [0.3, 0.4) is 0 Å². The topological polar surface area (TPSA) is 63.8 Å². The summed E-state index contributed by atoms with van der Waals surface area (Å²) >= 11 is 3.43. The molecule has 76 valence electrons. The zero-order valence-corrected chi connectivity index (χ0v) is 9.40. The molecule has 0 aliphatic carbocycles. The molecule has 5 heteroatoms. The average molecular weight is 265 g/mol. The number of anilines is 3. The summed E-state index contributed by atoms with van der Waals surface area (Å²) in [6.45, 7) is 0. The van der Waals surface area contributed by atoms with Gasteiger partial charge in [-0.1, -0.05) is 12.1 Å². The molecule has 0 aliphatic rings. The Balaban J connectivity index is 2.22. The first-order valence-electron chi connectivity index (χ1n) is 4.35. The molecule has 15 heavy (non-hydrogen) atoms. The second kappa shape index (κ2) is 4.27. The van der Waals surface area contributed by atoms with E-state index in [-0.39, 0.29) is 0 Å². The Hall–Kier alpha value is -1.62. The van der Waals surface area contributed by atoms with Crippen LogP contribution in [-0.2, 0) is 0 Å². The minimum absolute atomic E-state index is 0.410. The maximum absolute atomic E-state index is 5.44. The Bertz CT molecular complexity index is 455. The van der Waals surface area contributed by atoms with Gasteiger partial charge in [-0.3, -0.25) is 0 Å². The number of hydrogen-bond donors (Lipinski definition) is 2. The molecule has 0 spiro atoms. The van der Waals surface area contributed by atoms with Crippen molar-refractivity contribution in [2.45, 2.75) is 0 Å². The maximum Gasteiger partial charge on any atom is 0.149 e. The molecular formula is C10H9BrN4. The van der Waals surface area contributed by atoms with Gasteiger partial charge in [0.2, 0.25) is 0 Å². The molecule has 0 radical (unpaired) electrons. The van der Waals surface area contributed by atoms with Crippen molar-refractivity contribution >= 4 is 33.3 Å². The smallest absolute Gasteiger partial charge is 0.149 e. The highest BCUT2D eigenvalue weighted by atomic mass is 79.9. The van der Waals surface area contributed by atoms with Crippen molar-refractivity contribution < 1.29 is 0 Å². The maximum atomic E-state index is 5.44. The molecular weight excluding hydrogens is 256 g/mol. The third-order valence-corrected chi connectivity index (χ3v) is 2.50. The monoisotopic (exact) mass is 264 g/mol. The number of nitrogens with one attached hydrogen (secondary N) is 1. The zero-order chi connectivity index (χ0) is 10.7. The molecule has 0 aliphatic heterocycles. The first kappa shape index (κ1) is 9.92. The summed E-state index contributed by atoms with van der Waals surface area (Å²) < 4.78 is 0.976. The molecule has 1 aromatic heterocycles. The molecule has 3 N–H and O–H groups in total. The number of para-hydroxylation sites is 1. The Kier molecular flexibility index (Phi) is 2.82. The second-order valence-corrected chi connectivity index (χ2v) is 3.79. The predicted octanol–water partition coefficient (Wildman–Crippen LogP) is 2.56. The zero-order valence-electron chi connectivity index (χ0n) is 7.81. The summed E-state index contributed by atoms with van der Waals surface area (Å²) in [5.41, 5.74) is 6.38. The summed E-state index contributed by atoms with van der Waals surface area (Å²) in [5, 5.41) is 3.12. The first-order valence-corrected chi connectivity index (χ1v) is 5.14. The molecule has 1 heterocycles. The van der Waals surface area contributed by atoms with E-state index in [1.165, 1.54) is 6.20 Å². The second-order valence-electron chi connectivity index (χ2n) is 2.93. The lowest BCUT2D eigenvalue weighted by molar-refractivity contribution is 1.21. The van der Waals surface area contributed by atoms with Gasteiger partial charge in [0.25, 0.3) is 0 Å². The van der Waals surface area contributed by atoms with Gasteiger partial charge in [0.1, 0.15) is 11.6 Å². The van der Waals surface area contributed by atoms with E-state index in [4.69, 9.17) is 5.73 Å². The van der Waals surface area contributed by atoms with Crippen LogP contribution in [0.4, 0.5) is 17.3 Å². The third-order valence-electron chi connectivity index (χ3n) is 1.81. The van der Waals surface area contributed by atoms with E-state index >= 15 is 0 Å². The standard InChI is InChI=1S/C10H9BrN4/c11-7-3-1-2-4-8(7)15-10-6-13-9(12)5-14-10/h1-6H,(H2,12,13)(H,14,15). The number of benzene rings is 1. The SMILES string of the molecule is Nc1cnc(Nc2ccccc2Br)cn1. The van der Waals surface area contributed by atoms with Crippen LogP contribution < -0.4 is 11.1 Å². The Morgan fingerprint density at radius 1 is 1.13 bits per heavy atom. The lowest BCUT2D eigenvalue weighted by atomic mass is 10.3. The first-order chi connectivity index (χ1) is 7.25. The van der Waals surface area contributed by atoms with E-state index in [0.717, 1.165) is 10.2 Å². The molecule has 0 saturated carbocycles. The van der Waals surface area contributed by atoms with Crippen molar-refractivity contribution in [2.24, 2.45) is 0 Å². The number of hydrogen-bond acceptors (Lipinski definition) is 4. The van der Waals surface area contributed by atoms with Crippen LogP contribution in [0, 0.1) is 0 Å². The van der Waals surface area contributed by atoms with Crippen molar-refractivity contribution in [3.8, 4) is 0 Å². The number of nitrogens with zero attached hydrogens (tertiary/aromatic N) is 2. The van der Waals surface area contributed by atoms with Crippen LogP contribution in [0.15, 0.2) is 41.1 Å². The van der Waals surface area contributed by atoms with Gasteiger partial charge in [0.05, 0.1) is 18.1 Å². The average Bonchev–Trinajstić information content (AvgIpc) is 2.25. The normalized spacial score (nSPS) is 9.93. The summed E-state index contributed by atoms with van der Waals surface area (Å²) in [6.07, 6.45) is 3.11. The van der Waals surface area contributed by atoms with E-state index in [9.17, 15) is 0 Å². The lowest BCUT2D eigenvalue weighted by Gasteiger charge is -2.06. The van der Waals surface area contributed by atoms with Crippen LogP contribution in [0.2, 0.25) is 0 Å². The molecule has 0 amide bonds. The third kappa shape index (κ3) is 2.44. The van der Waals surface area contributed by atoms with Crippen molar-refractivity contribution in [1.82, 2.24) is 9.97 Å². The van der Waals surface area contributed by atoms with E-state index in [1.54, 1.807) is 6.20 Å². The quantitative estimate of drug-likeness (QED) is 0.875. The molecule has 2 rings (SSSR count). The minimum Gasteiger partial charge on any atom is -0.382 e. The molecule has 1 aromatic carbocycles. The lowest BCUT2D eigenvalue weighted by Crippen LogP contribution is -1.97. The summed E-state index contributed by atoms with van der Waals surface area (Å²) in [4.78, 5) is 8.04. The molecule has 0 unspecified atom stereocenters. The molecule has 0 bridgehead atoms. The van der Waals surface area contributed by atoms with Gasteiger partial charge in [0, 0.05) is 4.47 Å². The number of halogens is 1. The fraction of sp³-hybridized carbons (Fsp3) is 0.